The maximum Gasteiger partial charge on any atom is 0.302 e. The van der Waals surface area contributed by atoms with E-state index in [2.05, 4.69) is 34.6 Å². The third-order valence-corrected chi connectivity index (χ3v) is 4.86. The first-order valence-corrected chi connectivity index (χ1v) is 10.1. The summed E-state index contributed by atoms with van der Waals surface area (Å²) >= 11 is 0. The van der Waals surface area contributed by atoms with E-state index in [4.69, 9.17) is 4.74 Å². The van der Waals surface area contributed by atoms with Crippen molar-refractivity contribution < 1.29 is 9.53 Å². The molecule has 2 heteroatoms. The van der Waals surface area contributed by atoms with Gasteiger partial charge in [-0.25, -0.2) is 0 Å². The van der Waals surface area contributed by atoms with Crippen LogP contribution in [0.15, 0.2) is 11.6 Å². The Labute approximate surface area is 151 Å². The predicted molar refractivity (Wildman–Crippen MR) is 105 cm³/mol. The van der Waals surface area contributed by atoms with E-state index in [0.717, 1.165) is 24.2 Å². The van der Waals surface area contributed by atoms with Gasteiger partial charge in [-0.05, 0) is 43.6 Å². The lowest BCUT2D eigenvalue weighted by atomic mass is 9.91. The molecule has 0 radical (unpaired) electrons. The number of hydrogen-bond acceptors (Lipinski definition) is 2. The Balaban J connectivity index is 3.61. The van der Waals surface area contributed by atoms with Gasteiger partial charge in [-0.2, -0.15) is 0 Å². The maximum absolute atomic E-state index is 10.7. The van der Waals surface area contributed by atoms with Crippen molar-refractivity contribution in [1.29, 1.82) is 0 Å². The van der Waals surface area contributed by atoms with Crippen LogP contribution in [-0.2, 0) is 9.53 Å². The number of allylic oxidation sites excluding steroid dienone is 1. The predicted octanol–water partition coefficient (Wildman–Crippen LogP) is 6.93. The molecule has 24 heavy (non-hydrogen) atoms. The zero-order chi connectivity index (χ0) is 18.4. The van der Waals surface area contributed by atoms with Crippen molar-refractivity contribution in [3.63, 3.8) is 0 Å². The van der Waals surface area contributed by atoms with Gasteiger partial charge in [0, 0.05) is 6.92 Å². The highest BCUT2D eigenvalue weighted by Crippen LogP contribution is 2.21. The van der Waals surface area contributed by atoms with Crippen LogP contribution in [0.3, 0.4) is 0 Å². The number of carbonyl (C=O) groups excluding carboxylic acids is 1. The summed E-state index contributed by atoms with van der Waals surface area (Å²) in [6.07, 6.45) is 14.0. The van der Waals surface area contributed by atoms with Crippen LogP contribution in [0, 0.1) is 17.8 Å². The zero-order valence-corrected chi connectivity index (χ0v) is 17.2. The van der Waals surface area contributed by atoms with E-state index in [1.807, 2.05) is 6.08 Å². The molecule has 2 atom stereocenters. The second-order valence-electron chi connectivity index (χ2n) is 8.21. The Bertz CT molecular complexity index is 344. The van der Waals surface area contributed by atoms with Crippen LogP contribution < -0.4 is 0 Å². The van der Waals surface area contributed by atoms with Crippen molar-refractivity contribution in [3.05, 3.63) is 11.6 Å². The van der Waals surface area contributed by atoms with Gasteiger partial charge in [0.25, 0.3) is 0 Å². The summed E-state index contributed by atoms with van der Waals surface area (Å²) in [5.41, 5.74) is 1.34. The summed E-state index contributed by atoms with van der Waals surface area (Å²) in [5, 5.41) is 0. The molecule has 2 nitrogen and oxygen atoms in total. The summed E-state index contributed by atoms with van der Waals surface area (Å²) in [7, 11) is 0. The van der Waals surface area contributed by atoms with Crippen LogP contribution in [0.25, 0.3) is 0 Å². The molecule has 0 amide bonds. The monoisotopic (exact) mass is 338 g/mol. The zero-order valence-electron chi connectivity index (χ0n) is 17.2. The fourth-order valence-electron chi connectivity index (χ4n) is 3.11. The van der Waals surface area contributed by atoms with E-state index in [9.17, 15) is 4.79 Å². The third kappa shape index (κ3) is 16.1. The van der Waals surface area contributed by atoms with Gasteiger partial charge in [-0.15, -0.1) is 0 Å². The lowest BCUT2D eigenvalue weighted by molar-refractivity contribution is -0.139. The smallest absolute Gasteiger partial charge is 0.302 e. The SMILES string of the molecule is CC(=O)OC/C=C(\C)CCC[C@@H](C)CCC[C@@H](C)CCCC(C)C. The lowest BCUT2D eigenvalue weighted by Crippen LogP contribution is -2.00. The van der Waals surface area contributed by atoms with Gasteiger partial charge in [-0.3, -0.25) is 4.79 Å². The summed E-state index contributed by atoms with van der Waals surface area (Å²) in [6.45, 7) is 13.5. The summed E-state index contributed by atoms with van der Waals surface area (Å²) < 4.78 is 4.94. The Kier molecular flexibility index (Phi) is 14.1. The number of ether oxygens (including phenoxy) is 1. The minimum Gasteiger partial charge on any atom is -0.462 e. The van der Waals surface area contributed by atoms with Gasteiger partial charge >= 0.3 is 5.97 Å². The van der Waals surface area contributed by atoms with E-state index in [1.54, 1.807) is 0 Å². The minimum absolute atomic E-state index is 0.203. The second kappa shape index (κ2) is 14.5. The normalized spacial score (nSPS) is 14.7. The molecular weight excluding hydrogens is 296 g/mol. The van der Waals surface area contributed by atoms with Crippen LogP contribution in [0.2, 0.25) is 0 Å². The van der Waals surface area contributed by atoms with E-state index in [-0.39, 0.29) is 5.97 Å². The molecule has 0 saturated heterocycles. The summed E-state index contributed by atoms with van der Waals surface area (Å²) in [6, 6.07) is 0. The largest absolute Gasteiger partial charge is 0.462 e. The lowest BCUT2D eigenvalue weighted by Gasteiger charge is -2.15. The topological polar surface area (TPSA) is 26.3 Å². The van der Waals surface area contributed by atoms with Gasteiger partial charge in [0.2, 0.25) is 0 Å². The highest BCUT2D eigenvalue weighted by Gasteiger charge is 2.06. The molecule has 0 aromatic carbocycles. The van der Waals surface area contributed by atoms with E-state index < -0.39 is 0 Å². The van der Waals surface area contributed by atoms with Crippen LogP contribution in [0.4, 0.5) is 0 Å². The van der Waals surface area contributed by atoms with E-state index in [1.165, 1.54) is 63.9 Å². The quantitative estimate of drug-likeness (QED) is 0.253. The van der Waals surface area contributed by atoms with Crippen LogP contribution >= 0.6 is 0 Å². The Morgan fingerprint density at radius 2 is 1.33 bits per heavy atom. The van der Waals surface area contributed by atoms with E-state index in [0.29, 0.717) is 6.61 Å². The highest BCUT2D eigenvalue weighted by atomic mass is 16.5. The molecular formula is C22H42O2. The molecule has 0 aromatic heterocycles. The fourth-order valence-corrected chi connectivity index (χ4v) is 3.11. The molecule has 0 spiro atoms. The molecule has 0 fully saturated rings. The molecule has 0 aliphatic rings. The van der Waals surface area contributed by atoms with Crippen molar-refractivity contribution >= 4 is 5.97 Å². The molecule has 0 aliphatic carbocycles. The van der Waals surface area contributed by atoms with Crippen LogP contribution in [0.1, 0.15) is 99.3 Å². The molecule has 0 bridgehead atoms. The number of rotatable bonds is 14. The molecule has 0 saturated carbocycles. The number of esters is 1. The third-order valence-electron chi connectivity index (χ3n) is 4.86. The second-order valence-corrected chi connectivity index (χ2v) is 8.21. The Hall–Kier alpha value is -0.790. The molecule has 0 N–H and O–H groups in total. The molecule has 0 aliphatic heterocycles. The van der Waals surface area contributed by atoms with Gasteiger partial charge in [0.15, 0.2) is 0 Å². The van der Waals surface area contributed by atoms with Crippen molar-refractivity contribution in [2.24, 2.45) is 17.8 Å². The molecule has 0 aromatic rings. The Morgan fingerprint density at radius 1 is 0.833 bits per heavy atom. The van der Waals surface area contributed by atoms with Gasteiger partial charge in [0.05, 0.1) is 0 Å². The average molecular weight is 339 g/mol. The summed E-state index contributed by atoms with van der Waals surface area (Å²) in [5.74, 6) is 2.37. The van der Waals surface area contributed by atoms with Crippen molar-refractivity contribution in [3.8, 4) is 0 Å². The Morgan fingerprint density at radius 3 is 1.83 bits per heavy atom. The highest BCUT2D eigenvalue weighted by molar-refractivity contribution is 5.66. The van der Waals surface area contributed by atoms with Crippen molar-refractivity contribution in [2.45, 2.75) is 99.3 Å². The molecule has 0 rings (SSSR count). The molecule has 0 unspecified atom stereocenters. The van der Waals surface area contributed by atoms with Crippen molar-refractivity contribution in [2.75, 3.05) is 6.61 Å². The number of carbonyl (C=O) groups is 1. The van der Waals surface area contributed by atoms with Gasteiger partial charge < -0.3 is 4.74 Å². The first-order chi connectivity index (χ1) is 11.3. The first-order valence-electron chi connectivity index (χ1n) is 10.1. The average Bonchev–Trinajstić information content (AvgIpc) is 2.46. The van der Waals surface area contributed by atoms with Crippen molar-refractivity contribution in [1.82, 2.24) is 0 Å². The van der Waals surface area contributed by atoms with Crippen LogP contribution in [0.5, 0.6) is 0 Å². The molecule has 142 valence electrons. The summed E-state index contributed by atoms with van der Waals surface area (Å²) in [4.78, 5) is 10.7. The van der Waals surface area contributed by atoms with Crippen LogP contribution in [-0.4, -0.2) is 12.6 Å². The standard InChI is InChI=1S/C22H42O2/c1-18(2)10-7-11-19(3)12-8-13-20(4)14-9-15-21(5)16-17-24-22(6)23/h16,18-20H,7-15,17H2,1-6H3/b21-16+/t19-,20-/m0/s1. The molecule has 0 heterocycles. The van der Waals surface area contributed by atoms with Gasteiger partial charge in [0.1, 0.15) is 6.61 Å². The number of hydrogen-bond donors (Lipinski definition) is 0. The fraction of sp³-hybridized carbons (Fsp3) is 0.864. The minimum atomic E-state index is -0.203. The first kappa shape index (κ1) is 23.2. The maximum atomic E-state index is 10.7. The van der Waals surface area contributed by atoms with E-state index >= 15 is 0 Å². The van der Waals surface area contributed by atoms with Gasteiger partial charge in [-0.1, -0.05) is 78.2 Å².